The van der Waals surface area contributed by atoms with Crippen LogP contribution in [-0.2, 0) is 10.5 Å². The van der Waals surface area contributed by atoms with E-state index in [1.807, 2.05) is 6.07 Å². The first kappa shape index (κ1) is 16.4. The van der Waals surface area contributed by atoms with Gasteiger partial charge in [-0.1, -0.05) is 27.1 Å². The van der Waals surface area contributed by atoms with Crippen molar-refractivity contribution < 1.29 is 21.2 Å². The molecule has 0 aromatic heterocycles. The van der Waals surface area contributed by atoms with E-state index >= 15 is 0 Å². The van der Waals surface area contributed by atoms with Gasteiger partial charge in [-0.05, 0) is 30.3 Å². The van der Waals surface area contributed by atoms with E-state index in [1.54, 1.807) is 0 Å². The minimum Gasteiger partial charge on any atom is -0.456 e. The maximum absolute atomic E-state index is 12.4. The molecule has 0 heterocycles. The van der Waals surface area contributed by atoms with Crippen molar-refractivity contribution >= 4 is 33.7 Å². The minimum atomic E-state index is -5.13. The molecule has 0 unspecified atom stereocenters. The molecular formula is C13H6Cl2FNO4S. The summed E-state index contributed by atoms with van der Waals surface area (Å²) in [5.74, 6) is 0.109. The Kier molecular flexibility index (Phi) is 4.76. The average Bonchev–Trinajstić information content (AvgIpc) is 2.39. The molecule has 0 fully saturated rings. The van der Waals surface area contributed by atoms with Gasteiger partial charge in [0, 0.05) is 11.1 Å². The van der Waals surface area contributed by atoms with Crippen LogP contribution in [0.15, 0.2) is 36.4 Å². The third-order valence-electron chi connectivity index (χ3n) is 2.33. The highest BCUT2D eigenvalue weighted by Crippen LogP contribution is 2.34. The summed E-state index contributed by atoms with van der Waals surface area (Å²) in [7, 11) is -5.13. The first-order valence-corrected chi connectivity index (χ1v) is 7.65. The molecule has 0 atom stereocenters. The predicted octanol–water partition coefficient (Wildman–Crippen LogP) is 4.25. The zero-order chi connectivity index (χ0) is 16.3. The van der Waals surface area contributed by atoms with E-state index in [0.717, 1.165) is 12.1 Å². The van der Waals surface area contributed by atoms with Crippen LogP contribution in [0, 0.1) is 11.3 Å². The van der Waals surface area contributed by atoms with Crippen molar-refractivity contribution in [1.82, 2.24) is 0 Å². The number of ether oxygens (including phenoxy) is 1. The molecule has 9 heteroatoms. The summed E-state index contributed by atoms with van der Waals surface area (Å²) >= 11 is 11.7. The molecule has 0 aliphatic rings. The molecule has 0 aliphatic carbocycles. The van der Waals surface area contributed by atoms with Gasteiger partial charge in [-0.3, -0.25) is 0 Å². The fourth-order valence-corrected chi connectivity index (χ4v) is 2.31. The van der Waals surface area contributed by atoms with Gasteiger partial charge in [-0.25, -0.2) is 0 Å². The Balaban J connectivity index is 2.28. The Labute approximate surface area is 135 Å². The number of hydrogen-bond donors (Lipinski definition) is 0. The maximum Gasteiger partial charge on any atom is 0.488 e. The van der Waals surface area contributed by atoms with Crippen LogP contribution < -0.4 is 8.92 Å². The van der Waals surface area contributed by atoms with Gasteiger partial charge < -0.3 is 8.92 Å². The van der Waals surface area contributed by atoms with Crippen molar-refractivity contribution in [2.45, 2.75) is 0 Å². The van der Waals surface area contributed by atoms with Crippen molar-refractivity contribution in [3.8, 4) is 23.3 Å². The highest BCUT2D eigenvalue weighted by Gasteiger charge is 2.12. The Hall–Kier alpha value is -2.01. The third-order valence-corrected chi connectivity index (χ3v) is 3.23. The van der Waals surface area contributed by atoms with Crippen LogP contribution in [0.3, 0.4) is 0 Å². The van der Waals surface area contributed by atoms with Crippen molar-refractivity contribution in [3.05, 3.63) is 52.0 Å². The van der Waals surface area contributed by atoms with Gasteiger partial charge in [0.1, 0.15) is 17.2 Å². The Morgan fingerprint density at radius 1 is 1.09 bits per heavy atom. The zero-order valence-electron chi connectivity index (χ0n) is 10.6. The summed E-state index contributed by atoms with van der Waals surface area (Å²) in [5.41, 5.74) is 0.294. The van der Waals surface area contributed by atoms with Gasteiger partial charge in [0.2, 0.25) is 0 Å². The summed E-state index contributed by atoms with van der Waals surface area (Å²) in [4.78, 5) is 0. The number of hydrogen-bond acceptors (Lipinski definition) is 5. The summed E-state index contributed by atoms with van der Waals surface area (Å²) in [6.07, 6.45) is 0. The lowest BCUT2D eigenvalue weighted by atomic mass is 10.2. The van der Waals surface area contributed by atoms with E-state index in [1.165, 1.54) is 24.3 Å². The van der Waals surface area contributed by atoms with Gasteiger partial charge in [-0.2, -0.15) is 13.7 Å². The molecule has 5 nitrogen and oxygen atoms in total. The number of benzene rings is 2. The lowest BCUT2D eigenvalue weighted by Crippen LogP contribution is -2.01. The molecule has 0 saturated carbocycles. The van der Waals surface area contributed by atoms with Crippen LogP contribution in [0.2, 0.25) is 10.0 Å². The maximum atomic E-state index is 12.4. The molecule has 2 aromatic carbocycles. The van der Waals surface area contributed by atoms with E-state index < -0.39 is 10.5 Å². The number of nitriles is 1. The monoisotopic (exact) mass is 361 g/mol. The Bertz CT molecular complexity index is 865. The van der Waals surface area contributed by atoms with Gasteiger partial charge >= 0.3 is 10.5 Å². The fraction of sp³-hybridized carbons (Fsp3) is 0. The lowest BCUT2D eigenvalue weighted by Gasteiger charge is -2.09. The molecule has 0 N–H and O–H groups in total. The second-order valence-electron chi connectivity index (χ2n) is 3.96. The zero-order valence-corrected chi connectivity index (χ0v) is 12.9. The number of nitrogens with zero attached hydrogens (tertiary/aromatic N) is 1. The van der Waals surface area contributed by atoms with E-state index in [9.17, 15) is 12.3 Å². The molecule has 0 saturated heterocycles. The van der Waals surface area contributed by atoms with Crippen molar-refractivity contribution in [2.75, 3.05) is 0 Å². The Morgan fingerprint density at radius 2 is 1.82 bits per heavy atom. The second-order valence-corrected chi connectivity index (χ2v) is 5.75. The molecule has 0 bridgehead atoms. The second kappa shape index (κ2) is 6.40. The molecule has 0 aliphatic heterocycles. The molecule has 2 rings (SSSR count). The van der Waals surface area contributed by atoms with Crippen LogP contribution in [0.1, 0.15) is 5.56 Å². The van der Waals surface area contributed by atoms with Gasteiger partial charge in [0.15, 0.2) is 0 Å². The minimum absolute atomic E-state index is 0.0142. The van der Waals surface area contributed by atoms with E-state index in [0.29, 0.717) is 10.6 Å². The van der Waals surface area contributed by atoms with Crippen molar-refractivity contribution in [2.24, 2.45) is 0 Å². The highest BCUT2D eigenvalue weighted by atomic mass is 35.5. The topological polar surface area (TPSA) is 76.4 Å². The van der Waals surface area contributed by atoms with Crippen molar-refractivity contribution in [3.63, 3.8) is 0 Å². The largest absolute Gasteiger partial charge is 0.488 e. The molecule has 0 spiro atoms. The van der Waals surface area contributed by atoms with E-state index in [4.69, 9.17) is 33.2 Å². The lowest BCUT2D eigenvalue weighted by molar-refractivity contribution is 0.438. The van der Waals surface area contributed by atoms with Crippen LogP contribution in [0.25, 0.3) is 0 Å². The average molecular weight is 362 g/mol. The standard InChI is InChI=1S/C13H6Cl2FNO4S/c14-9-3-8(7-17)4-11(5-9)20-13-2-1-10(6-12(13)15)21-22(16,18)19/h1-6H. The van der Waals surface area contributed by atoms with Gasteiger partial charge in [-0.15, -0.1) is 0 Å². The third kappa shape index (κ3) is 4.49. The molecule has 114 valence electrons. The van der Waals surface area contributed by atoms with Gasteiger partial charge in [0.25, 0.3) is 0 Å². The number of rotatable bonds is 4. The van der Waals surface area contributed by atoms with Crippen LogP contribution in [-0.4, -0.2) is 8.42 Å². The first-order chi connectivity index (χ1) is 10.3. The quantitative estimate of drug-likeness (QED) is 0.760. The predicted molar refractivity (Wildman–Crippen MR) is 78.3 cm³/mol. The summed E-state index contributed by atoms with van der Waals surface area (Å²) in [6.45, 7) is 0. The SMILES string of the molecule is N#Cc1cc(Cl)cc(Oc2ccc(OS(=O)(=O)F)cc2Cl)c1. The molecule has 22 heavy (non-hydrogen) atoms. The summed E-state index contributed by atoms with van der Waals surface area (Å²) in [5, 5.41) is 9.14. The normalized spacial score (nSPS) is 10.8. The van der Waals surface area contributed by atoms with Gasteiger partial charge in [0.05, 0.1) is 16.7 Å². The summed E-state index contributed by atoms with van der Waals surface area (Å²) < 4.78 is 42.7. The van der Waals surface area contributed by atoms with Crippen LogP contribution in [0.4, 0.5) is 3.89 Å². The van der Waals surface area contributed by atoms with Crippen LogP contribution >= 0.6 is 23.2 Å². The van der Waals surface area contributed by atoms with E-state index in [-0.39, 0.29) is 22.3 Å². The van der Waals surface area contributed by atoms with Crippen LogP contribution in [0.5, 0.6) is 17.2 Å². The van der Waals surface area contributed by atoms with Crippen molar-refractivity contribution in [1.29, 1.82) is 5.26 Å². The molecule has 0 amide bonds. The van der Waals surface area contributed by atoms with E-state index in [2.05, 4.69) is 4.18 Å². The highest BCUT2D eigenvalue weighted by molar-refractivity contribution is 7.81. The summed E-state index contributed by atoms with van der Waals surface area (Å²) in [6, 6.07) is 9.81. The smallest absolute Gasteiger partial charge is 0.456 e. The fourth-order valence-electron chi connectivity index (χ4n) is 1.54. The number of halogens is 3. The Morgan fingerprint density at radius 3 is 2.41 bits per heavy atom. The molecular weight excluding hydrogens is 356 g/mol. The molecule has 2 aromatic rings. The first-order valence-electron chi connectivity index (χ1n) is 5.59. The molecule has 0 radical (unpaired) electrons.